The minimum atomic E-state index is -0.299. The number of nitrogens with zero attached hydrogens (tertiary/aromatic N) is 2. The van der Waals surface area contributed by atoms with Gasteiger partial charge >= 0.3 is 0 Å². The fourth-order valence-electron chi connectivity index (χ4n) is 3.47. The van der Waals surface area contributed by atoms with Gasteiger partial charge in [-0.15, -0.1) is 0 Å². The van der Waals surface area contributed by atoms with Crippen molar-refractivity contribution in [1.82, 2.24) is 9.80 Å². The third-order valence-corrected chi connectivity index (χ3v) is 4.66. The number of imide groups is 1. The number of amides is 3. The SMILES string of the molecule is CCCCN1C(=O)c2ccc(C(=O)N3C[C@H](C)O[C@@H](C)C3)cc2C1=O. The van der Waals surface area contributed by atoms with Crippen LogP contribution in [0.5, 0.6) is 0 Å². The molecule has 134 valence electrons. The molecule has 0 N–H and O–H groups in total. The summed E-state index contributed by atoms with van der Waals surface area (Å²) >= 11 is 0. The van der Waals surface area contributed by atoms with Crippen molar-refractivity contribution in [3.8, 4) is 0 Å². The summed E-state index contributed by atoms with van der Waals surface area (Å²) in [7, 11) is 0. The van der Waals surface area contributed by atoms with Crippen LogP contribution in [0.25, 0.3) is 0 Å². The number of ether oxygens (including phenoxy) is 1. The molecule has 1 aromatic rings. The average Bonchev–Trinajstić information content (AvgIpc) is 2.82. The quantitative estimate of drug-likeness (QED) is 0.786. The van der Waals surface area contributed by atoms with Crippen molar-refractivity contribution < 1.29 is 19.1 Å². The first-order valence-corrected chi connectivity index (χ1v) is 8.87. The van der Waals surface area contributed by atoms with E-state index in [2.05, 4.69) is 0 Å². The number of benzene rings is 1. The second-order valence-corrected chi connectivity index (χ2v) is 6.84. The van der Waals surface area contributed by atoms with Crippen LogP contribution in [0, 0.1) is 0 Å². The summed E-state index contributed by atoms with van der Waals surface area (Å²) in [6.07, 6.45) is 1.65. The lowest BCUT2D eigenvalue weighted by Gasteiger charge is -2.35. The van der Waals surface area contributed by atoms with Gasteiger partial charge in [-0.3, -0.25) is 19.3 Å². The van der Waals surface area contributed by atoms with Gasteiger partial charge in [-0.25, -0.2) is 0 Å². The average molecular weight is 344 g/mol. The summed E-state index contributed by atoms with van der Waals surface area (Å²) in [5.74, 6) is -0.690. The maximum atomic E-state index is 12.8. The van der Waals surface area contributed by atoms with Gasteiger partial charge in [-0.2, -0.15) is 0 Å². The smallest absolute Gasteiger partial charge is 0.261 e. The topological polar surface area (TPSA) is 66.9 Å². The minimum absolute atomic E-state index is 0.0186. The molecule has 1 aromatic carbocycles. The van der Waals surface area contributed by atoms with Crippen molar-refractivity contribution >= 4 is 17.7 Å². The highest BCUT2D eigenvalue weighted by Gasteiger charge is 2.36. The van der Waals surface area contributed by atoms with Crippen LogP contribution in [0.1, 0.15) is 64.7 Å². The van der Waals surface area contributed by atoms with Crippen LogP contribution in [0.4, 0.5) is 0 Å². The van der Waals surface area contributed by atoms with Crippen molar-refractivity contribution in [1.29, 1.82) is 0 Å². The fraction of sp³-hybridized carbons (Fsp3) is 0.526. The van der Waals surface area contributed by atoms with E-state index in [1.54, 1.807) is 23.1 Å². The Bertz CT molecular complexity index is 705. The number of carbonyl (C=O) groups is 3. The first-order valence-electron chi connectivity index (χ1n) is 8.87. The van der Waals surface area contributed by atoms with Crippen LogP contribution in [0.3, 0.4) is 0 Å². The van der Waals surface area contributed by atoms with Gasteiger partial charge in [-0.1, -0.05) is 13.3 Å². The van der Waals surface area contributed by atoms with Crippen LogP contribution in [0.15, 0.2) is 18.2 Å². The fourth-order valence-corrected chi connectivity index (χ4v) is 3.47. The van der Waals surface area contributed by atoms with E-state index in [0.717, 1.165) is 12.8 Å². The molecular weight excluding hydrogens is 320 g/mol. The zero-order valence-electron chi connectivity index (χ0n) is 14.9. The summed E-state index contributed by atoms with van der Waals surface area (Å²) in [5, 5.41) is 0. The molecule has 0 bridgehead atoms. The van der Waals surface area contributed by atoms with E-state index in [4.69, 9.17) is 4.74 Å². The molecule has 2 heterocycles. The molecule has 0 spiro atoms. The van der Waals surface area contributed by atoms with Gasteiger partial charge in [0.25, 0.3) is 17.7 Å². The number of rotatable bonds is 4. The lowest BCUT2D eigenvalue weighted by atomic mass is 10.0. The van der Waals surface area contributed by atoms with Gasteiger partial charge in [0.1, 0.15) is 0 Å². The number of hydrogen-bond acceptors (Lipinski definition) is 4. The molecule has 3 amide bonds. The van der Waals surface area contributed by atoms with Crippen molar-refractivity contribution in [2.45, 2.75) is 45.8 Å². The molecule has 6 nitrogen and oxygen atoms in total. The summed E-state index contributed by atoms with van der Waals surface area (Å²) in [6.45, 7) is 7.36. The number of carbonyl (C=O) groups excluding carboxylic acids is 3. The summed E-state index contributed by atoms with van der Waals surface area (Å²) < 4.78 is 5.66. The monoisotopic (exact) mass is 344 g/mol. The molecule has 2 aliphatic heterocycles. The minimum Gasteiger partial charge on any atom is -0.372 e. The second-order valence-electron chi connectivity index (χ2n) is 6.84. The number of hydrogen-bond donors (Lipinski definition) is 0. The molecule has 0 aliphatic carbocycles. The molecule has 1 saturated heterocycles. The lowest BCUT2D eigenvalue weighted by Crippen LogP contribution is -2.48. The van der Waals surface area contributed by atoms with E-state index in [-0.39, 0.29) is 29.9 Å². The second kappa shape index (κ2) is 6.96. The Labute approximate surface area is 147 Å². The van der Waals surface area contributed by atoms with Gasteiger partial charge in [0, 0.05) is 25.2 Å². The zero-order valence-corrected chi connectivity index (χ0v) is 14.9. The normalized spacial score (nSPS) is 23.2. The molecule has 1 fully saturated rings. The summed E-state index contributed by atoms with van der Waals surface area (Å²) in [4.78, 5) is 40.7. The van der Waals surface area contributed by atoms with Crippen molar-refractivity contribution in [2.75, 3.05) is 19.6 Å². The Morgan fingerprint density at radius 1 is 1.12 bits per heavy atom. The van der Waals surface area contributed by atoms with E-state index in [9.17, 15) is 14.4 Å². The third kappa shape index (κ3) is 3.31. The van der Waals surface area contributed by atoms with Crippen molar-refractivity contribution in [3.63, 3.8) is 0 Å². The van der Waals surface area contributed by atoms with Gasteiger partial charge in [0.05, 0.1) is 23.3 Å². The maximum Gasteiger partial charge on any atom is 0.261 e. The van der Waals surface area contributed by atoms with Crippen LogP contribution < -0.4 is 0 Å². The van der Waals surface area contributed by atoms with Crippen LogP contribution in [-0.2, 0) is 4.74 Å². The molecular formula is C19H24N2O4. The van der Waals surface area contributed by atoms with E-state index >= 15 is 0 Å². The highest BCUT2D eigenvalue weighted by atomic mass is 16.5. The number of fused-ring (bicyclic) bond motifs is 1. The van der Waals surface area contributed by atoms with E-state index in [0.29, 0.717) is 36.3 Å². The molecule has 25 heavy (non-hydrogen) atoms. The Kier molecular flexibility index (Phi) is 4.90. The van der Waals surface area contributed by atoms with Gasteiger partial charge in [0.2, 0.25) is 0 Å². The van der Waals surface area contributed by atoms with Crippen LogP contribution >= 0.6 is 0 Å². The van der Waals surface area contributed by atoms with E-state index < -0.39 is 0 Å². The highest BCUT2D eigenvalue weighted by Crippen LogP contribution is 2.25. The molecule has 0 unspecified atom stereocenters. The Morgan fingerprint density at radius 2 is 1.76 bits per heavy atom. The first-order chi connectivity index (χ1) is 11.9. The Morgan fingerprint density at radius 3 is 2.40 bits per heavy atom. The van der Waals surface area contributed by atoms with E-state index in [1.165, 1.54) is 4.90 Å². The molecule has 2 atom stereocenters. The predicted molar refractivity (Wildman–Crippen MR) is 92.6 cm³/mol. The molecule has 2 aliphatic rings. The summed E-state index contributed by atoms with van der Waals surface area (Å²) in [5.41, 5.74) is 1.17. The number of unbranched alkanes of at least 4 members (excludes halogenated alkanes) is 1. The van der Waals surface area contributed by atoms with Crippen molar-refractivity contribution in [2.24, 2.45) is 0 Å². The highest BCUT2D eigenvalue weighted by molar-refractivity contribution is 6.22. The standard InChI is InChI=1S/C19H24N2O4/c1-4-5-8-21-18(23)15-7-6-14(9-16(15)19(21)24)17(22)20-10-12(2)25-13(3)11-20/h6-7,9,12-13H,4-5,8,10-11H2,1-3H3/t12-,13-/m0/s1. The van der Waals surface area contributed by atoms with Gasteiger partial charge < -0.3 is 9.64 Å². The van der Waals surface area contributed by atoms with Gasteiger partial charge in [-0.05, 0) is 38.5 Å². The van der Waals surface area contributed by atoms with E-state index in [1.807, 2.05) is 20.8 Å². The number of morpholine rings is 1. The molecule has 0 aromatic heterocycles. The van der Waals surface area contributed by atoms with Crippen LogP contribution in [-0.4, -0.2) is 59.4 Å². The zero-order chi connectivity index (χ0) is 18.1. The predicted octanol–water partition coefficient (Wildman–Crippen LogP) is 2.33. The molecule has 0 radical (unpaired) electrons. The third-order valence-electron chi connectivity index (χ3n) is 4.66. The Hall–Kier alpha value is -2.21. The van der Waals surface area contributed by atoms with Crippen molar-refractivity contribution in [3.05, 3.63) is 34.9 Å². The Balaban J connectivity index is 1.83. The maximum absolute atomic E-state index is 12.8. The lowest BCUT2D eigenvalue weighted by molar-refractivity contribution is -0.0586. The van der Waals surface area contributed by atoms with Gasteiger partial charge in [0.15, 0.2) is 0 Å². The molecule has 6 heteroatoms. The molecule has 3 rings (SSSR count). The molecule has 0 saturated carbocycles. The first kappa shape index (κ1) is 17.6. The van der Waals surface area contributed by atoms with Crippen LogP contribution in [0.2, 0.25) is 0 Å². The largest absolute Gasteiger partial charge is 0.372 e. The summed E-state index contributed by atoms with van der Waals surface area (Å²) in [6, 6.07) is 4.80.